The summed E-state index contributed by atoms with van der Waals surface area (Å²) in [6, 6.07) is 4.16. The Bertz CT molecular complexity index is 718. The van der Waals surface area contributed by atoms with Crippen LogP contribution in [0.25, 0.3) is 11.0 Å². The molecule has 0 radical (unpaired) electrons. The van der Waals surface area contributed by atoms with Crippen LogP contribution in [0, 0.1) is 0 Å². The van der Waals surface area contributed by atoms with E-state index >= 15 is 0 Å². The highest BCUT2D eigenvalue weighted by molar-refractivity contribution is 7.09. The largest absolute Gasteiger partial charge is 0.383 e. The van der Waals surface area contributed by atoms with E-state index < -0.39 is 0 Å². The lowest BCUT2D eigenvalue weighted by Crippen LogP contribution is -2.24. The summed E-state index contributed by atoms with van der Waals surface area (Å²) < 4.78 is 1.72. The molecule has 0 aliphatic rings. The molecule has 7 heteroatoms. The highest BCUT2D eigenvalue weighted by atomic mass is 32.1. The minimum Gasteiger partial charge on any atom is -0.383 e. The number of anilines is 2. The third-order valence-corrected chi connectivity index (χ3v) is 4.06. The van der Waals surface area contributed by atoms with Gasteiger partial charge in [0.2, 0.25) is 5.95 Å². The summed E-state index contributed by atoms with van der Waals surface area (Å²) in [4.78, 5) is 12.4. The number of fused-ring (bicyclic) bond motifs is 1. The number of rotatable bonds is 4. The van der Waals surface area contributed by atoms with Crippen LogP contribution in [0.3, 0.4) is 0 Å². The van der Waals surface area contributed by atoms with Gasteiger partial charge in [0.05, 0.1) is 18.1 Å². The van der Waals surface area contributed by atoms with Crippen molar-refractivity contribution in [2.24, 2.45) is 7.05 Å². The molecule has 2 N–H and O–H groups in total. The van der Waals surface area contributed by atoms with Gasteiger partial charge in [-0.2, -0.15) is 15.1 Å². The average molecular weight is 288 g/mol. The van der Waals surface area contributed by atoms with Crippen molar-refractivity contribution in [3.8, 4) is 0 Å². The fourth-order valence-corrected chi connectivity index (χ4v) is 2.81. The van der Waals surface area contributed by atoms with Crippen LogP contribution in [0.5, 0.6) is 0 Å². The van der Waals surface area contributed by atoms with Gasteiger partial charge in [-0.25, -0.2) is 0 Å². The van der Waals surface area contributed by atoms with Crippen molar-refractivity contribution in [3.05, 3.63) is 28.6 Å². The molecule has 0 unspecified atom stereocenters. The van der Waals surface area contributed by atoms with Gasteiger partial charge in [0, 0.05) is 18.5 Å². The van der Waals surface area contributed by atoms with E-state index in [4.69, 9.17) is 5.73 Å². The van der Waals surface area contributed by atoms with Gasteiger partial charge < -0.3 is 10.6 Å². The highest BCUT2D eigenvalue weighted by Crippen LogP contribution is 2.22. The van der Waals surface area contributed by atoms with Crippen molar-refractivity contribution >= 4 is 34.1 Å². The Hall–Kier alpha value is -2.15. The number of aryl methyl sites for hydroxylation is 1. The maximum Gasteiger partial charge on any atom is 0.229 e. The number of thiophene rings is 1. The number of nitrogens with zero attached hydrogens (tertiary/aromatic N) is 5. The summed E-state index contributed by atoms with van der Waals surface area (Å²) in [5.74, 6) is 1.12. The fraction of sp³-hybridized carbons (Fsp3) is 0.308. The Labute approximate surface area is 120 Å². The zero-order valence-corrected chi connectivity index (χ0v) is 12.3. The van der Waals surface area contributed by atoms with Gasteiger partial charge >= 0.3 is 0 Å². The Morgan fingerprint density at radius 2 is 2.25 bits per heavy atom. The lowest BCUT2D eigenvalue weighted by molar-refractivity contribution is 0.771. The van der Waals surface area contributed by atoms with Crippen molar-refractivity contribution in [2.45, 2.75) is 13.5 Å². The van der Waals surface area contributed by atoms with E-state index in [-0.39, 0.29) is 0 Å². The first-order valence-electron chi connectivity index (χ1n) is 6.41. The lowest BCUT2D eigenvalue weighted by Gasteiger charge is -2.20. The van der Waals surface area contributed by atoms with Crippen LogP contribution in [-0.2, 0) is 13.6 Å². The van der Waals surface area contributed by atoms with Gasteiger partial charge in [-0.1, -0.05) is 6.07 Å². The van der Waals surface area contributed by atoms with Crippen LogP contribution in [0.15, 0.2) is 23.7 Å². The van der Waals surface area contributed by atoms with Crippen molar-refractivity contribution in [1.29, 1.82) is 0 Å². The average Bonchev–Trinajstić information content (AvgIpc) is 3.07. The minimum atomic E-state index is 0.475. The van der Waals surface area contributed by atoms with E-state index in [1.807, 2.05) is 13.1 Å². The highest BCUT2D eigenvalue weighted by Gasteiger charge is 2.14. The second-order valence-corrected chi connectivity index (χ2v) is 5.54. The van der Waals surface area contributed by atoms with Gasteiger partial charge in [-0.15, -0.1) is 11.3 Å². The molecule has 3 aromatic heterocycles. The zero-order valence-electron chi connectivity index (χ0n) is 11.4. The molecule has 0 amide bonds. The molecule has 0 spiro atoms. The third-order valence-electron chi connectivity index (χ3n) is 3.20. The summed E-state index contributed by atoms with van der Waals surface area (Å²) in [6.45, 7) is 3.69. The van der Waals surface area contributed by atoms with Crippen molar-refractivity contribution in [2.75, 3.05) is 17.2 Å². The summed E-state index contributed by atoms with van der Waals surface area (Å²) in [7, 11) is 1.86. The molecule has 3 heterocycles. The van der Waals surface area contributed by atoms with Gasteiger partial charge in [0.1, 0.15) is 5.82 Å². The molecule has 0 aliphatic carbocycles. The number of aromatic nitrogens is 4. The Balaban J connectivity index is 2.00. The lowest BCUT2D eigenvalue weighted by atomic mass is 10.4. The molecule has 0 atom stereocenters. The normalized spacial score (nSPS) is 11.1. The second kappa shape index (κ2) is 5.09. The minimum absolute atomic E-state index is 0.475. The first kappa shape index (κ1) is 12.9. The number of hydrogen-bond acceptors (Lipinski definition) is 6. The number of nitrogen functional groups attached to an aromatic ring is 1. The molecule has 3 aromatic rings. The Morgan fingerprint density at radius 3 is 2.95 bits per heavy atom. The van der Waals surface area contributed by atoms with Crippen molar-refractivity contribution < 1.29 is 0 Å². The predicted molar refractivity (Wildman–Crippen MR) is 81.8 cm³/mol. The first-order chi connectivity index (χ1) is 9.69. The molecule has 104 valence electrons. The maximum atomic E-state index is 6.01. The molecule has 6 nitrogen and oxygen atoms in total. The molecular formula is C13H16N6S. The van der Waals surface area contributed by atoms with Crippen LogP contribution >= 0.6 is 11.3 Å². The molecular weight excluding hydrogens is 272 g/mol. The predicted octanol–water partition coefficient (Wildman–Crippen LogP) is 2.03. The SMILES string of the molecule is CCN(Cc1cccs1)c1nc(N)c2cnn(C)c2n1. The van der Waals surface area contributed by atoms with Crippen LogP contribution < -0.4 is 10.6 Å². The van der Waals surface area contributed by atoms with Crippen molar-refractivity contribution in [3.63, 3.8) is 0 Å². The van der Waals surface area contributed by atoms with Crippen LogP contribution in [0.4, 0.5) is 11.8 Å². The molecule has 0 aromatic carbocycles. The Kier molecular flexibility index (Phi) is 3.27. The molecule has 20 heavy (non-hydrogen) atoms. The summed E-state index contributed by atoms with van der Waals surface area (Å²) in [5, 5.41) is 7.04. The van der Waals surface area contributed by atoms with Gasteiger partial charge in [0.25, 0.3) is 0 Å². The molecule has 0 aliphatic heterocycles. The standard InChI is InChI=1S/C13H16N6S/c1-3-19(8-9-5-4-6-20-9)13-16-11(14)10-7-15-18(2)12(10)17-13/h4-7H,3,8H2,1-2H3,(H2,14,16,17). The van der Waals surface area contributed by atoms with E-state index in [1.165, 1.54) is 4.88 Å². The van der Waals surface area contributed by atoms with Crippen molar-refractivity contribution in [1.82, 2.24) is 19.7 Å². The van der Waals surface area contributed by atoms with Gasteiger partial charge in [-0.05, 0) is 18.4 Å². The van der Waals surface area contributed by atoms with E-state index in [0.717, 1.165) is 24.1 Å². The summed E-state index contributed by atoms with van der Waals surface area (Å²) in [5.41, 5.74) is 6.77. The molecule has 0 saturated heterocycles. The van der Waals surface area contributed by atoms with Gasteiger partial charge in [-0.3, -0.25) is 4.68 Å². The van der Waals surface area contributed by atoms with Gasteiger partial charge in [0.15, 0.2) is 5.65 Å². The smallest absolute Gasteiger partial charge is 0.229 e. The number of nitrogens with two attached hydrogens (primary N) is 1. The first-order valence-corrected chi connectivity index (χ1v) is 7.29. The quantitative estimate of drug-likeness (QED) is 0.795. The van der Waals surface area contributed by atoms with Crippen LogP contribution in [0.2, 0.25) is 0 Å². The summed E-state index contributed by atoms with van der Waals surface area (Å²) >= 11 is 1.73. The van der Waals surface area contributed by atoms with E-state index in [0.29, 0.717) is 11.8 Å². The zero-order chi connectivity index (χ0) is 14.1. The molecule has 0 saturated carbocycles. The second-order valence-electron chi connectivity index (χ2n) is 4.51. The summed E-state index contributed by atoms with van der Waals surface area (Å²) in [6.07, 6.45) is 1.70. The fourth-order valence-electron chi connectivity index (χ4n) is 2.09. The number of hydrogen-bond donors (Lipinski definition) is 1. The third kappa shape index (κ3) is 2.20. The Morgan fingerprint density at radius 1 is 1.40 bits per heavy atom. The molecule has 0 fully saturated rings. The van der Waals surface area contributed by atoms with E-state index in [9.17, 15) is 0 Å². The van der Waals surface area contributed by atoms with Crippen LogP contribution in [-0.4, -0.2) is 26.3 Å². The molecule has 0 bridgehead atoms. The monoisotopic (exact) mass is 288 g/mol. The topological polar surface area (TPSA) is 72.9 Å². The van der Waals surface area contributed by atoms with E-state index in [1.54, 1.807) is 22.2 Å². The van der Waals surface area contributed by atoms with Crippen LogP contribution in [0.1, 0.15) is 11.8 Å². The molecule has 3 rings (SSSR count). The maximum absolute atomic E-state index is 6.01. The van der Waals surface area contributed by atoms with E-state index in [2.05, 4.69) is 38.3 Å².